The third kappa shape index (κ3) is 4.17. The summed E-state index contributed by atoms with van der Waals surface area (Å²) in [7, 11) is 0. The first-order valence-electron chi connectivity index (χ1n) is 14.5. The van der Waals surface area contributed by atoms with E-state index in [1.54, 1.807) is 0 Å². The van der Waals surface area contributed by atoms with E-state index in [9.17, 15) is 0 Å². The molecule has 0 fully saturated rings. The fourth-order valence-corrected chi connectivity index (χ4v) is 6.46. The van der Waals surface area contributed by atoms with E-state index in [1.807, 2.05) is 0 Å². The first kappa shape index (κ1) is 24.3. The van der Waals surface area contributed by atoms with Crippen LogP contribution in [-0.2, 0) is 0 Å². The van der Waals surface area contributed by atoms with Crippen LogP contribution in [0.15, 0.2) is 170 Å². The van der Waals surface area contributed by atoms with Gasteiger partial charge in [0.25, 0.3) is 0 Å². The molecule has 0 unspecified atom stereocenters. The predicted octanol–water partition coefficient (Wildman–Crippen LogP) is 11.8. The number of hydrogen-bond donors (Lipinski definition) is 0. The van der Waals surface area contributed by atoms with Crippen LogP contribution >= 0.6 is 0 Å². The minimum atomic E-state index is 1.23. The topological polar surface area (TPSA) is 0 Å². The van der Waals surface area contributed by atoms with E-state index in [0.717, 1.165) is 0 Å². The van der Waals surface area contributed by atoms with E-state index in [0.29, 0.717) is 0 Å². The summed E-state index contributed by atoms with van der Waals surface area (Å²) in [6.45, 7) is 0. The van der Waals surface area contributed by atoms with Crippen molar-refractivity contribution in [3.8, 4) is 44.5 Å². The molecule has 0 bridgehead atoms. The van der Waals surface area contributed by atoms with Crippen LogP contribution in [0.2, 0.25) is 0 Å². The summed E-state index contributed by atoms with van der Waals surface area (Å²) in [4.78, 5) is 0. The van der Waals surface area contributed by atoms with Crippen molar-refractivity contribution in [3.63, 3.8) is 0 Å². The fraction of sp³-hybridized carbons (Fsp3) is 0. The van der Waals surface area contributed by atoms with Crippen molar-refractivity contribution in [2.75, 3.05) is 0 Å². The molecule has 0 nitrogen and oxygen atoms in total. The summed E-state index contributed by atoms with van der Waals surface area (Å²) in [5.74, 6) is 0. The Kier molecular flexibility index (Phi) is 5.90. The zero-order chi connectivity index (χ0) is 27.9. The van der Waals surface area contributed by atoms with Crippen LogP contribution in [0.3, 0.4) is 0 Å². The maximum atomic E-state index is 2.36. The van der Waals surface area contributed by atoms with Gasteiger partial charge in [-0.3, -0.25) is 0 Å². The molecular weight excluding hydrogens is 504 g/mol. The normalized spacial score (nSPS) is 11.3. The molecule has 0 aliphatic rings. The SMILES string of the molecule is c1ccc(-c2cccc(-c3c4ccccc4c(-c4cccc(-c5ccc6ccccc6c5)c4)c4ccccc34)c2)cc1. The zero-order valence-corrected chi connectivity index (χ0v) is 23.2. The third-order valence-corrected chi connectivity index (χ3v) is 8.42. The van der Waals surface area contributed by atoms with Gasteiger partial charge < -0.3 is 0 Å². The van der Waals surface area contributed by atoms with Gasteiger partial charge in [0.05, 0.1) is 0 Å². The van der Waals surface area contributed by atoms with E-state index in [4.69, 9.17) is 0 Å². The summed E-state index contributed by atoms with van der Waals surface area (Å²) in [5.41, 5.74) is 9.96. The molecular formula is C42H28. The molecule has 0 spiro atoms. The lowest BCUT2D eigenvalue weighted by molar-refractivity contribution is 1.61. The lowest BCUT2D eigenvalue weighted by Gasteiger charge is -2.18. The van der Waals surface area contributed by atoms with Crippen molar-refractivity contribution in [1.29, 1.82) is 0 Å². The molecule has 8 rings (SSSR count). The zero-order valence-electron chi connectivity index (χ0n) is 23.2. The Hall–Kier alpha value is -5.46. The van der Waals surface area contributed by atoms with Gasteiger partial charge in [0.15, 0.2) is 0 Å². The largest absolute Gasteiger partial charge is 0.0622 e. The second-order valence-corrected chi connectivity index (χ2v) is 10.9. The summed E-state index contributed by atoms with van der Waals surface area (Å²) in [5, 5.41) is 7.61. The Morgan fingerprint density at radius 2 is 0.619 bits per heavy atom. The Bertz CT molecular complexity index is 2180. The van der Waals surface area contributed by atoms with Crippen LogP contribution in [0.1, 0.15) is 0 Å². The minimum absolute atomic E-state index is 1.23. The van der Waals surface area contributed by atoms with Crippen LogP contribution in [0.4, 0.5) is 0 Å². The Balaban J connectivity index is 1.36. The lowest BCUT2D eigenvalue weighted by Crippen LogP contribution is -1.91. The summed E-state index contributed by atoms with van der Waals surface area (Å²) < 4.78 is 0. The van der Waals surface area contributed by atoms with Gasteiger partial charge in [-0.2, -0.15) is 0 Å². The van der Waals surface area contributed by atoms with Crippen molar-refractivity contribution >= 4 is 32.3 Å². The summed E-state index contributed by atoms with van der Waals surface area (Å²) in [6, 6.07) is 61.8. The van der Waals surface area contributed by atoms with Crippen molar-refractivity contribution in [1.82, 2.24) is 0 Å². The Morgan fingerprint density at radius 3 is 1.19 bits per heavy atom. The molecule has 0 aliphatic carbocycles. The first-order chi connectivity index (χ1) is 20.8. The molecule has 8 aromatic carbocycles. The fourth-order valence-electron chi connectivity index (χ4n) is 6.46. The molecule has 0 saturated heterocycles. The van der Waals surface area contributed by atoms with Crippen LogP contribution < -0.4 is 0 Å². The lowest BCUT2D eigenvalue weighted by atomic mass is 9.85. The van der Waals surface area contributed by atoms with Gasteiger partial charge in [-0.05, 0) is 95.0 Å². The Morgan fingerprint density at radius 1 is 0.214 bits per heavy atom. The third-order valence-electron chi connectivity index (χ3n) is 8.42. The molecule has 0 aromatic heterocycles. The van der Waals surface area contributed by atoms with Crippen molar-refractivity contribution < 1.29 is 0 Å². The smallest absolute Gasteiger partial charge is 0.00262 e. The molecule has 8 aromatic rings. The van der Waals surface area contributed by atoms with Crippen LogP contribution in [0, 0.1) is 0 Å². The maximum absolute atomic E-state index is 2.36. The highest BCUT2D eigenvalue weighted by atomic mass is 14.2. The van der Waals surface area contributed by atoms with E-state index >= 15 is 0 Å². The molecule has 0 radical (unpaired) electrons. The number of hydrogen-bond acceptors (Lipinski definition) is 0. The van der Waals surface area contributed by atoms with Gasteiger partial charge in [-0.15, -0.1) is 0 Å². The van der Waals surface area contributed by atoms with E-state index in [1.165, 1.54) is 76.8 Å². The van der Waals surface area contributed by atoms with Gasteiger partial charge in [-0.1, -0.05) is 152 Å². The minimum Gasteiger partial charge on any atom is -0.0622 e. The van der Waals surface area contributed by atoms with Crippen molar-refractivity contribution in [2.24, 2.45) is 0 Å². The van der Waals surface area contributed by atoms with Gasteiger partial charge in [0.2, 0.25) is 0 Å². The molecule has 0 atom stereocenters. The van der Waals surface area contributed by atoms with Gasteiger partial charge in [0, 0.05) is 0 Å². The standard InChI is InChI=1S/C42H28/c1-2-12-29(13-3-1)32-16-10-18-35(27-32)41-37-20-6-8-22-39(37)42(40-23-9-7-21-38(40)41)36-19-11-17-33(28-36)34-25-24-30-14-4-5-15-31(30)26-34/h1-28H. The molecule has 0 heterocycles. The van der Waals surface area contributed by atoms with Gasteiger partial charge in [0.1, 0.15) is 0 Å². The number of benzene rings is 8. The quantitative estimate of drug-likeness (QED) is 0.198. The average molecular weight is 533 g/mol. The number of fused-ring (bicyclic) bond motifs is 3. The molecule has 0 aliphatic heterocycles. The van der Waals surface area contributed by atoms with Gasteiger partial charge >= 0.3 is 0 Å². The average Bonchev–Trinajstić information content (AvgIpc) is 3.07. The second kappa shape index (κ2) is 10.2. The summed E-state index contributed by atoms with van der Waals surface area (Å²) >= 11 is 0. The number of rotatable bonds is 4. The highest BCUT2D eigenvalue weighted by Gasteiger charge is 2.17. The molecule has 0 N–H and O–H groups in total. The first-order valence-corrected chi connectivity index (χ1v) is 14.5. The summed E-state index contributed by atoms with van der Waals surface area (Å²) in [6.07, 6.45) is 0. The highest BCUT2D eigenvalue weighted by Crippen LogP contribution is 2.44. The van der Waals surface area contributed by atoms with E-state index < -0.39 is 0 Å². The predicted molar refractivity (Wildman–Crippen MR) is 181 cm³/mol. The molecule has 196 valence electrons. The molecule has 42 heavy (non-hydrogen) atoms. The molecule has 0 amide bonds. The monoisotopic (exact) mass is 532 g/mol. The van der Waals surface area contributed by atoms with Crippen LogP contribution in [-0.4, -0.2) is 0 Å². The van der Waals surface area contributed by atoms with Crippen LogP contribution in [0.25, 0.3) is 76.8 Å². The maximum Gasteiger partial charge on any atom is -0.00262 e. The molecule has 0 heteroatoms. The van der Waals surface area contributed by atoms with Gasteiger partial charge in [-0.25, -0.2) is 0 Å². The molecule has 0 saturated carbocycles. The van der Waals surface area contributed by atoms with Crippen molar-refractivity contribution in [2.45, 2.75) is 0 Å². The van der Waals surface area contributed by atoms with E-state index in [-0.39, 0.29) is 0 Å². The van der Waals surface area contributed by atoms with E-state index in [2.05, 4.69) is 170 Å². The van der Waals surface area contributed by atoms with Crippen molar-refractivity contribution in [3.05, 3.63) is 170 Å². The van der Waals surface area contributed by atoms with Crippen LogP contribution in [0.5, 0.6) is 0 Å². The highest BCUT2D eigenvalue weighted by molar-refractivity contribution is 6.21. The second-order valence-electron chi connectivity index (χ2n) is 10.9. The Labute approximate surface area is 246 Å².